The first kappa shape index (κ1) is 44.9. The van der Waals surface area contributed by atoms with Crippen molar-refractivity contribution < 1.29 is 42.9 Å². The molecule has 1 saturated carbocycles. The number of H-pyrrole nitrogens is 2. The van der Waals surface area contributed by atoms with Crippen molar-refractivity contribution in [3.63, 3.8) is 0 Å². The van der Waals surface area contributed by atoms with Crippen LogP contribution in [0.25, 0.3) is 22.1 Å². The summed E-state index contributed by atoms with van der Waals surface area (Å²) in [6.07, 6.45) is 3.17. The maximum atomic E-state index is 16.5. The van der Waals surface area contributed by atoms with Crippen molar-refractivity contribution in [2.75, 3.05) is 39.3 Å². The molecule has 17 nitrogen and oxygen atoms in total. The Morgan fingerprint density at radius 1 is 0.682 bits per heavy atom. The SMILES string of the molecule is COC(=O)N[C@H](C(=O)N1CCC[C@H]1c1nc2ccc([C@@H]3CC[C@@H](c4ccc5nc([C@@H]6CCCN6C(=O)[C@@H](NC(=O)O)[C@@H](C)OC)[nH]c5c4)N3c3ccc(C4CC4)cc3F)cc2[nH]1)[C@@H](C)OC. The number of amides is 4. The molecule has 18 heteroatoms. The average molecular weight is 908 g/mol. The number of carbonyl (C=O) groups excluding carboxylic acids is 3. The fraction of sp³-hybridized carbons (Fsp3) is 0.500. The number of methoxy groups -OCH3 is 3. The Kier molecular flexibility index (Phi) is 12.6. The number of aromatic nitrogens is 4. The monoisotopic (exact) mass is 907 g/mol. The van der Waals surface area contributed by atoms with Crippen molar-refractivity contribution in [3.8, 4) is 0 Å². The summed E-state index contributed by atoms with van der Waals surface area (Å²) >= 11 is 0. The van der Waals surface area contributed by atoms with E-state index in [0.29, 0.717) is 49.2 Å². The molecule has 3 aromatic carbocycles. The van der Waals surface area contributed by atoms with Gasteiger partial charge in [-0.1, -0.05) is 18.2 Å². The van der Waals surface area contributed by atoms with Crippen molar-refractivity contribution in [1.29, 1.82) is 0 Å². The van der Waals surface area contributed by atoms with E-state index < -0.39 is 36.5 Å². The maximum Gasteiger partial charge on any atom is 0.407 e. The molecule has 1 aliphatic carbocycles. The molecule has 0 radical (unpaired) electrons. The number of imidazole rings is 2. The van der Waals surface area contributed by atoms with Gasteiger partial charge in [0.25, 0.3) is 0 Å². The third-order valence-corrected chi connectivity index (χ3v) is 14.2. The number of aromatic amines is 2. The van der Waals surface area contributed by atoms with Crippen LogP contribution in [-0.2, 0) is 23.8 Å². The van der Waals surface area contributed by atoms with Crippen LogP contribution in [0.15, 0.2) is 54.6 Å². The van der Waals surface area contributed by atoms with Crippen LogP contribution in [0.4, 0.5) is 19.7 Å². The highest BCUT2D eigenvalue weighted by atomic mass is 19.1. The predicted molar refractivity (Wildman–Crippen MR) is 242 cm³/mol. The summed E-state index contributed by atoms with van der Waals surface area (Å²) in [6.45, 7) is 4.34. The third kappa shape index (κ3) is 8.63. The fourth-order valence-corrected chi connectivity index (χ4v) is 10.4. The molecule has 4 amide bonds. The fourth-order valence-electron chi connectivity index (χ4n) is 10.4. The molecule has 4 fully saturated rings. The number of nitrogens with one attached hydrogen (secondary N) is 4. The minimum atomic E-state index is -1.30. The molecule has 5 heterocycles. The van der Waals surface area contributed by atoms with Crippen molar-refractivity contribution >= 4 is 51.8 Å². The number of fused-ring (bicyclic) bond motifs is 2. The maximum absolute atomic E-state index is 16.5. The van der Waals surface area contributed by atoms with Gasteiger partial charge in [0.2, 0.25) is 11.8 Å². The number of ether oxygens (including phenoxy) is 3. The van der Waals surface area contributed by atoms with Gasteiger partial charge in [-0.3, -0.25) is 9.59 Å². The van der Waals surface area contributed by atoms with Crippen LogP contribution >= 0.6 is 0 Å². The molecule has 66 heavy (non-hydrogen) atoms. The van der Waals surface area contributed by atoms with Crippen LogP contribution in [0.1, 0.15) is 124 Å². The van der Waals surface area contributed by atoms with Crippen LogP contribution < -0.4 is 15.5 Å². The van der Waals surface area contributed by atoms with E-state index in [2.05, 4.69) is 49.8 Å². The van der Waals surface area contributed by atoms with E-state index in [1.807, 2.05) is 24.3 Å². The van der Waals surface area contributed by atoms with Gasteiger partial charge in [0.15, 0.2) is 0 Å². The molecule has 4 aliphatic rings. The Morgan fingerprint density at radius 2 is 1.18 bits per heavy atom. The van der Waals surface area contributed by atoms with E-state index >= 15 is 4.39 Å². The summed E-state index contributed by atoms with van der Waals surface area (Å²) in [5.74, 6) is 0.757. The highest BCUT2D eigenvalue weighted by molar-refractivity contribution is 5.88. The first-order chi connectivity index (χ1) is 31.9. The molecule has 3 aliphatic heterocycles. The number of hydrogen-bond acceptors (Lipinski definition) is 10. The van der Waals surface area contributed by atoms with E-state index in [1.54, 1.807) is 29.7 Å². The smallest absolute Gasteiger partial charge is 0.407 e. The number of benzene rings is 3. The normalized spacial score (nSPS) is 22.7. The van der Waals surface area contributed by atoms with Gasteiger partial charge in [0, 0.05) is 27.3 Å². The lowest BCUT2D eigenvalue weighted by atomic mass is 10.0. The standard InChI is InChI=1S/C48H58FN9O8/c1-25(64-3)41(54-47(61)62)45(59)56-20-6-8-39(56)43-50-32-15-12-29(23-34(32)52-43)36-18-19-37(58(36)38-17-14-28(22-31(38)49)27-10-11-27)30-13-16-33-35(24-30)53-44(51-33)40-9-7-21-57(40)46(60)42(26(2)65-4)55-48(63)66-5/h12-17,22-27,36-37,39-42,54H,6-11,18-21H2,1-5H3,(H,50,52)(H,51,53)(H,55,63)(H,61,62)/t25-,26-,36+,37+,39+,40+,41+,42+/m1/s1. The molecule has 0 unspecified atom stereocenters. The molecule has 9 rings (SSSR count). The summed E-state index contributed by atoms with van der Waals surface area (Å²) in [7, 11) is 4.18. The highest BCUT2D eigenvalue weighted by Crippen LogP contribution is 2.50. The lowest BCUT2D eigenvalue weighted by Gasteiger charge is -2.33. The minimum Gasteiger partial charge on any atom is -0.465 e. The Labute approximate surface area is 381 Å². The number of carboxylic acid groups (broad SMARTS) is 1. The Hall–Kier alpha value is -6.27. The van der Waals surface area contributed by atoms with E-state index in [0.717, 1.165) is 77.3 Å². The van der Waals surface area contributed by atoms with Crippen LogP contribution in [-0.4, -0.2) is 118 Å². The van der Waals surface area contributed by atoms with Gasteiger partial charge < -0.3 is 54.6 Å². The van der Waals surface area contributed by atoms with Gasteiger partial charge in [0.1, 0.15) is 29.5 Å². The number of nitrogens with zero attached hydrogens (tertiary/aromatic N) is 5. The number of carbonyl (C=O) groups is 4. The number of anilines is 1. The zero-order chi connectivity index (χ0) is 46.4. The van der Waals surface area contributed by atoms with Crippen molar-refractivity contribution in [3.05, 3.63) is 88.8 Å². The van der Waals surface area contributed by atoms with E-state index in [-0.39, 0.29) is 41.8 Å². The molecule has 5 N–H and O–H groups in total. The van der Waals surface area contributed by atoms with Gasteiger partial charge in [-0.05, 0) is 124 Å². The first-order valence-electron chi connectivity index (χ1n) is 22.9. The molecular weight excluding hydrogens is 850 g/mol. The number of alkyl carbamates (subject to hydrolysis) is 1. The molecule has 8 atom stereocenters. The van der Waals surface area contributed by atoms with Crippen LogP contribution in [0.5, 0.6) is 0 Å². The van der Waals surface area contributed by atoms with E-state index in [1.165, 1.54) is 21.3 Å². The van der Waals surface area contributed by atoms with Crippen LogP contribution in [0.2, 0.25) is 0 Å². The lowest BCUT2D eigenvalue weighted by molar-refractivity contribution is -0.138. The lowest BCUT2D eigenvalue weighted by Crippen LogP contribution is -2.54. The molecule has 0 bridgehead atoms. The van der Waals surface area contributed by atoms with Gasteiger partial charge in [0.05, 0.1) is 71.2 Å². The van der Waals surface area contributed by atoms with Crippen molar-refractivity contribution in [1.82, 2.24) is 40.4 Å². The Morgan fingerprint density at radius 3 is 1.64 bits per heavy atom. The Bertz CT molecular complexity index is 2630. The van der Waals surface area contributed by atoms with Crippen LogP contribution in [0, 0.1) is 5.82 Å². The quantitative estimate of drug-likeness (QED) is 0.0748. The highest BCUT2D eigenvalue weighted by Gasteiger charge is 2.42. The summed E-state index contributed by atoms with van der Waals surface area (Å²) in [5.41, 5.74) is 6.59. The summed E-state index contributed by atoms with van der Waals surface area (Å²) in [4.78, 5) is 74.1. The zero-order valence-corrected chi connectivity index (χ0v) is 37.9. The number of halogens is 1. The van der Waals surface area contributed by atoms with E-state index in [9.17, 15) is 24.3 Å². The van der Waals surface area contributed by atoms with Crippen molar-refractivity contribution in [2.45, 2.75) is 120 Å². The van der Waals surface area contributed by atoms with Crippen molar-refractivity contribution in [2.24, 2.45) is 0 Å². The topological polar surface area (TPSA) is 207 Å². The number of hydrogen-bond donors (Lipinski definition) is 5. The summed E-state index contributed by atoms with van der Waals surface area (Å²) < 4.78 is 32.2. The molecule has 2 aromatic heterocycles. The minimum absolute atomic E-state index is 0.189. The second kappa shape index (κ2) is 18.5. The van der Waals surface area contributed by atoms with Crippen LogP contribution in [0.3, 0.4) is 0 Å². The second-order valence-corrected chi connectivity index (χ2v) is 18.1. The third-order valence-electron chi connectivity index (χ3n) is 14.2. The first-order valence-corrected chi connectivity index (χ1v) is 22.9. The summed E-state index contributed by atoms with van der Waals surface area (Å²) in [6, 6.07) is 14.8. The largest absolute Gasteiger partial charge is 0.465 e. The Balaban J connectivity index is 1.01. The summed E-state index contributed by atoms with van der Waals surface area (Å²) in [5, 5.41) is 14.5. The molecule has 3 saturated heterocycles. The second-order valence-electron chi connectivity index (χ2n) is 18.1. The van der Waals surface area contributed by atoms with Gasteiger partial charge in [-0.15, -0.1) is 0 Å². The molecule has 0 spiro atoms. The molecule has 350 valence electrons. The molecule has 5 aromatic rings. The molecular formula is C48H58FN9O8. The number of likely N-dealkylation sites (tertiary alicyclic amines) is 2. The zero-order valence-electron chi connectivity index (χ0n) is 37.9. The number of rotatable bonds is 14. The van der Waals surface area contributed by atoms with E-state index in [4.69, 9.17) is 24.2 Å². The predicted octanol–water partition coefficient (Wildman–Crippen LogP) is 7.30. The average Bonchev–Trinajstić information content (AvgIpc) is 3.85. The van der Waals surface area contributed by atoms with Gasteiger partial charge >= 0.3 is 12.2 Å². The van der Waals surface area contributed by atoms with Gasteiger partial charge in [-0.25, -0.2) is 23.9 Å². The van der Waals surface area contributed by atoms with Gasteiger partial charge in [-0.2, -0.15) is 0 Å².